The van der Waals surface area contributed by atoms with Crippen molar-refractivity contribution in [2.24, 2.45) is 11.3 Å². The average Bonchev–Trinajstić information content (AvgIpc) is 2.56. The minimum atomic E-state index is -3.58. The molecule has 2 N–H and O–H groups in total. The first-order chi connectivity index (χ1) is 11.6. The number of hydrogen-bond donors (Lipinski definition) is 2. The van der Waals surface area contributed by atoms with E-state index in [0.717, 1.165) is 19.3 Å². The third-order valence-electron chi connectivity index (χ3n) is 5.64. The van der Waals surface area contributed by atoms with E-state index in [-0.39, 0.29) is 12.5 Å². The summed E-state index contributed by atoms with van der Waals surface area (Å²) in [6.45, 7) is 6.95. The first-order valence-electron chi connectivity index (χ1n) is 9.36. The fraction of sp³-hybridized carbons (Fsp3) is 0.889. The van der Waals surface area contributed by atoms with Gasteiger partial charge in [0.2, 0.25) is 5.91 Å². The summed E-state index contributed by atoms with van der Waals surface area (Å²) < 4.78 is 26.0. The zero-order valence-corrected chi connectivity index (χ0v) is 16.7. The smallest absolute Gasteiger partial charge is 0.311 e. The highest BCUT2D eigenvalue weighted by atomic mass is 32.2. The molecule has 1 amide bonds. The summed E-state index contributed by atoms with van der Waals surface area (Å²) in [5.41, 5.74) is -1.05. The van der Waals surface area contributed by atoms with E-state index in [2.05, 4.69) is 5.32 Å². The molecule has 0 saturated heterocycles. The molecular weight excluding hydrogens is 342 g/mol. The Morgan fingerprint density at radius 3 is 2.04 bits per heavy atom. The van der Waals surface area contributed by atoms with Gasteiger partial charge in [0.25, 0.3) is 0 Å². The fourth-order valence-electron chi connectivity index (χ4n) is 3.67. The van der Waals surface area contributed by atoms with E-state index < -0.39 is 37.6 Å². The number of carboxylic acid groups (broad SMARTS) is 1. The molecule has 146 valence electrons. The number of hydrogen-bond acceptors (Lipinski definition) is 4. The Morgan fingerprint density at radius 2 is 1.64 bits per heavy atom. The average molecular weight is 376 g/mol. The fourth-order valence-corrected chi connectivity index (χ4v) is 6.21. The maximum Gasteiger partial charge on any atom is 0.311 e. The summed E-state index contributed by atoms with van der Waals surface area (Å²) >= 11 is 0. The Labute approximate surface area is 151 Å². The van der Waals surface area contributed by atoms with Crippen LogP contribution in [0.5, 0.6) is 0 Å². The lowest BCUT2D eigenvalue weighted by Crippen LogP contribution is -2.50. The van der Waals surface area contributed by atoms with Gasteiger partial charge in [0.05, 0.1) is 10.7 Å². The molecule has 1 unspecified atom stereocenters. The SMILES string of the molecule is CCC(CC)(CNC(=O)C(C(C)C)S(=O)(=O)C1CCCCC1)C(=O)O. The summed E-state index contributed by atoms with van der Waals surface area (Å²) in [4.78, 5) is 24.3. The highest BCUT2D eigenvalue weighted by molar-refractivity contribution is 7.93. The maximum absolute atomic E-state index is 13.0. The van der Waals surface area contributed by atoms with Crippen LogP contribution in [0.3, 0.4) is 0 Å². The number of sulfone groups is 1. The number of carbonyl (C=O) groups is 2. The zero-order valence-electron chi connectivity index (χ0n) is 15.9. The van der Waals surface area contributed by atoms with Gasteiger partial charge in [0.15, 0.2) is 9.84 Å². The number of aliphatic carboxylic acids is 1. The molecule has 0 aromatic carbocycles. The normalized spacial score (nSPS) is 18.1. The summed E-state index contributed by atoms with van der Waals surface area (Å²) in [5, 5.41) is 10.5. The molecule has 25 heavy (non-hydrogen) atoms. The van der Waals surface area contributed by atoms with Crippen molar-refractivity contribution in [2.75, 3.05) is 6.54 Å². The molecule has 0 aromatic rings. The molecule has 0 spiro atoms. The predicted molar refractivity (Wildman–Crippen MR) is 98.1 cm³/mol. The monoisotopic (exact) mass is 375 g/mol. The van der Waals surface area contributed by atoms with Crippen LogP contribution in [0.4, 0.5) is 0 Å². The van der Waals surface area contributed by atoms with Crippen molar-refractivity contribution >= 4 is 21.7 Å². The molecule has 7 heteroatoms. The standard InChI is InChI=1S/C18H33NO5S/c1-5-18(6-2,17(21)22)12-19-16(20)15(13(3)4)25(23,24)14-10-8-7-9-11-14/h13-15H,5-12H2,1-4H3,(H,19,20)(H,21,22). The van der Waals surface area contributed by atoms with Gasteiger partial charge in [-0.2, -0.15) is 0 Å². The number of nitrogens with one attached hydrogen (secondary N) is 1. The van der Waals surface area contributed by atoms with Crippen molar-refractivity contribution in [2.45, 2.75) is 83.1 Å². The van der Waals surface area contributed by atoms with E-state index in [1.807, 2.05) is 0 Å². The van der Waals surface area contributed by atoms with Gasteiger partial charge in [-0.1, -0.05) is 47.0 Å². The van der Waals surface area contributed by atoms with Crippen molar-refractivity contribution in [3.05, 3.63) is 0 Å². The molecule has 0 bridgehead atoms. The second-order valence-corrected chi connectivity index (χ2v) is 9.88. The van der Waals surface area contributed by atoms with Crippen molar-refractivity contribution in [3.63, 3.8) is 0 Å². The van der Waals surface area contributed by atoms with Crippen LogP contribution in [-0.2, 0) is 19.4 Å². The van der Waals surface area contributed by atoms with Crippen LogP contribution >= 0.6 is 0 Å². The van der Waals surface area contributed by atoms with Crippen molar-refractivity contribution in [3.8, 4) is 0 Å². The van der Waals surface area contributed by atoms with E-state index >= 15 is 0 Å². The summed E-state index contributed by atoms with van der Waals surface area (Å²) in [5.74, 6) is -1.88. The maximum atomic E-state index is 13.0. The molecule has 0 aromatic heterocycles. The second kappa shape index (κ2) is 9.01. The highest BCUT2D eigenvalue weighted by Crippen LogP contribution is 2.30. The van der Waals surface area contributed by atoms with Gasteiger partial charge in [-0.05, 0) is 31.6 Å². The van der Waals surface area contributed by atoms with Gasteiger partial charge in [-0.15, -0.1) is 0 Å². The molecule has 1 aliphatic rings. The lowest BCUT2D eigenvalue weighted by Gasteiger charge is -2.31. The Balaban J connectivity index is 2.95. The van der Waals surface area contributed by atoms with Gasteiger partial charge in [-0.25, -0.2) is 8.42 Å². The molecule has 0 radical (unpaired) electrons. The molecular formula is C18H33NO5S. The predicted octanol–water partition coefficient (Wildman–Crippen LogP) is 2.77. The van der Waals surface area contributed by atoms with Gasteiger partial charge in [0.1, 0.15) is 5.25 Å². The third kappa shape index (κ3) is 4.96. The first-order valence-corrected chi connectivity index (χ1v) is 11.0. The molecule has 1 aliphatic carbocycles. The van der Waals surface area contributed by atoms with Gasteiger partial charge >= 0.3 is 5.97 Å². The molecule has 1 fully saturated rings. The third-order valence-corrected chi connectivity index (χ3v) is 8.51. The zero-order chi connectivity index (χ0) is 19.3. The second-order valence-electron chi connectivity index (χ2n) is 7.52. The Morgan fingerprint density at radius 1 is 1.12 bits per heavy atom. The van der Waals surface area contributed by atoms with Gasteiger partial charge < -0.3 is 10.4 Å². The van der Waals surface area contributed by atoms with E-state index in [1.165, 1.54) is 0 Å². The van der Waals surface area contributed by atoms with Crippen LogP contribution in [0.15, 0.2) is 0 Å². The Hall–Kier alpha value is -1.11. The van der Waals surface area contributed by atoms with Crippen LogP contribution in [-0.4, -0.2) is 42.4 Å². The van der Waals surface area contributed by atoms with Crippen LogP contribution < -0.4 is 5.32 Å². The minimum Gasteiger partial charge on any atom is -0.481 e. The molecule has 1 rings (SSSR count). The minimum absolute atomic E-state index is 0.0441. The lowest BCUT2D eigenvalue weighted by molar-refractivity contribution is -0.149. The largest absolute Gasteiger partial charge is 0.481 e. The highest BCUT2D eigenvalue weighted by Gasteiger charge is 2.42. The lowest BCUT2D eigenvalue weighted by atomic mass is 9.82. The summed E-state index contributed by atoms with van der Waals surface area (Å²) in [7, 11) is -3.58. The van der Waals surface area contributed by atoms with Crippen LogP contribution in [0.25, 0.3) is 0 Å². The Kier molecular flexibility index (Phi) is 7.90. The molecule has 1 saturated carbocycles. The molecule has 6 nitrogen and oxygen atoms in total. The molecule has 1 atom stereocenters. The van der Waals surface area contributed by atoms with E-state index in [9.17, 15) is 23.1 Å². The first kappa shape index (κ1) is 21.9. The quantitative estimate of drug-likeness (QED) is 0.645. The van der Waals surface area contributed by atoms with Crippen molar-refractivity contribution in [1.29, 1.82) is 0 Å². The van der Waals surface area contributed by atoms with E-state index in [0.29, 0.717) is 25.7 Å². The Bertz CT molecular complexity index is 560. The van der Waals surface area contributed by atoms with Crippen LogP contribution in [0, 0.1) is 11.3 Å². The van der Waals surface area contributed by atoms with Crippen molar-refractivity contribution in [1.82, 2.24) is 5.32 Å². The topological polar surface area (TPSA) is 101 Å². The summed E-state index contributed by atoms with van der Waals surface area (Å²) in [6, 6.07) is 0. The van der Waals surface area contributed by atoms with Crippen LogP contribution in [0.1, 0.15) is 72.6 Å². The summed E-state index contributed by atoms with van der Waals surface area (Å²) in [6.07, 6.45) is 4.78. The van der Waals surface area contributed by atoms with E-state index in [4.69, 9.17) is 0 Å². The molecule has 0 aliphatic heterocycles. The molecule has 0 heterocycles. The van der Waals surface area contributed by atoms with E-state index in [1.54, 1.807) is 27.7 Å². The number of carbonyl (C=O) groups excluding carboxylic acids is 1. The van der Waals surface area contributed by atoms with Crippen LogP contribution in [0.2, 0.25) is 0 Å². The number of amides is 1. The van der Waals surface area contributed by atoms with Crippen molar-refractivity contribution < 1.29 is 23.1 Å². The van der Waals surface area contributed by atoms with Gasteiger partial charge in [-0.3, -0.25) is 9.59 Å². The number of rotatable bonds is 9. The number of carboxylic acids is 1. The van der Waals surface area contributed by atoms with Gasteiger partial charge in [0, 0.05) is 6.54 Å².